The second kappa shape index (κ2) is 8.12. The molecule has 0 fully saturated rings. The highest BCUT2D eigenvalue weighted by molar-refractivity contribution is 7.09. The molecule has 1 aromatic heterocycles. The second-order valence-electron chi connectivity index (χ2n) is 4.93. The largest absolute Gasteiger partial charge is 0.393 e. The maximum Gasteiger partial charge on any atom is 0.314 e. The molecule has 2 unspecified atom stereocenters. The minimum absolute atomic E-state index is 0.163. The lowest BCUT2D eigenvalue weighted by atomic mass is 10.1. The number of hydrogen-bond acceptors (Lipinski definition) is 4. The summed E-state index contributed by atoms with van der Waals surface area (Å²) in [6.45, 7) is 6.89. The topological polar surface area (TPSA) is 74.2 Å². The first-order valence-corrected chi connectivity index (χ1v) is 7.46. The third-order valence-electron chi connectivity index (χ3n) is 2.69. The van der Waals surface area contributed by atoms with Gasteiger partial charge >= 0.3 is 6.03 Å². The first-order valence-electron chi connectivity index (χ1n) is 6.58. The molecule has 108 valence electrons. The van der Waals surface area contributed by atoms with Gasteiger partial charge in [0, 0.05) is 24.9 Å². The van der Waals surface area contributed by atoms with Crippen LogP contribution in [0.2, 0.25) is 0 Å². The summed E-state index contributed by atoms with van der Waals surface area (Å²) in [5.74, 6) is 0.270. The number of aliphatic hydroxyl groups excluding tert-OH is 1. The molecule has 6 heteroatoms. The maximum atomic E-state index is 11.5. The number of thiazole rings is 1. The van der Waals surface area contributed by atoms with Gasteiger partial charge in [0.15, 0.2) is 0 Å². The fraction of sp³-hybridized carbons (Fsp3) is 0.692. The van der Waals surface area contributed by atoms with Crippen molar-refractivity contribution >= 4 is 17.4 Å². The van der Waals surface area contributed by atoms with Crippen LogP contribution in [0, 0.1) is 12.8 Å². The van der Waals surface area contributed by atoms with Crippen molar-refractivity contribution in [1.82, 2.24) is 15.6 Å². The number of rotatable bonds is 7. The van der Waals surface area contributed by atoms with Crippen LogP contribution in [-0.2, 0) is 6.42 Å². The Kier molecular flexibility index (Phi) is 6.80. The predicted octanol–water partition coefficient (Wildman–Crippen LogP) is 1.70. The van der Waals surface area contributed by atoms with Gasteiger partial charge in [-0.25, -0.2) is 9.78 Å². The van der Waals surface area contributed by atoms with Gasteiger partial charge in [0.2, 0.25) is 0 Å². The van der Waals surface area contributed by atoms with Crippen LogP contribution in [0.3, 0.4) is 0 Å². The fourth-order valence-electron chi connectivity index (χ4n) is 1.82. The SMILES string of the molecule is Cc1nc(CCNC(=O)NCC(C)CC(C)O)cs1. The Labute approximate surface area is 118 Å². The number of nitrogens with zero attached hydrogens (tertiary/aromatic N) is 1. The fourth-order valence-corrected chi connectivity index (χ4v) is 2.47. The summed E-state index contributed by atoms with van der Waals surface area (Å²) in [6.07, 6.45) is 1.12. The molecule has 0 aromatic carbocycles. The van der Waals surface area contributed by atoms with E-state index in [2.05, 4.69) is 15.6 Å². The monoisotopic (exact) mass is 285 g/mol. The van der Waals surface area contributed by atoms with Crippen LogP contribution < -0.4 is 10.6 Å². The molecule has 0 radical (unpaired) electrons. The van der Waals surface area contributed by atoms with Crippen molar-refractivity contribution in [3.05, 3.63) is 16.1 Å². The van der Waals surface area contributed by atoms with E-state index in [1.54, 1.807) is 18.3 Å². The van der Waals surface area contributed by atoms with E-state index in [-0.39, 0.29) is 18.1 Å². The van der Waals surface area contributed by atoms with Crippen molar-refractivity contribution in [2.24, 2.45) is 5.92 Å². The van der Waals surface area contributed by atoms with Crippen molar-refractivity contribution in [1.29, 1.82) is 0 Å². The van der Waals surface area contributed by atoms with Crippen molar-refractivity contribution in [2.45, 2.75) is 39.7 Å². The number of aryl methyl sites for hydroxylation is 1. The number of carbonyl (C=O) groups excluding carboxylic acids is 1. The smallest absolute Gasteiger partial charge is 0.314 e. The molecule has 0 saturated carbocycles. The molecular weight excluding hydrogens is 262 g/mol. The molecule has 0 saturated heterocycles. The molecular formula is C13H23N3O2S. The number of urea groups is 1. The van der Waals surface area contributed by atoms with E-state index in [9.17, 15) is 9.90 Å². The zero-order chi connectivity index (χ0) is 14.3. The van der Waals surface area contributed by atoms with Crippen LogP contribution in [0.1, 0.15) is 31.0 Å². The van der Waals surface area contributed by atoms with E-state index in [1.165, 1.54) is 0 Å². The molecule has 3 N–H and O–H groups in total. The third kappa shape index (κ3) is 7.12. The number of carbonyl (C=O) groups is 1. The summed E-state index contributed by atoms with van der Waals surface area (Å²) in [6, 6.07) is -0.163. The summed E-state index contributed by atoms with van der Waals surface area (Å²) in [5.41, 5.74) is 1.02. The molecule has 0 aliphatic carbocycles. The zero-order valence-electron chi connectivity index (χ0n) is 11.8. The van der Waals surface area contributed by atoms with Crippen LogP contribution in [0.5, 0.6) is 0 Å². The Morgan fingerprint density at radius 1 is 1.47 bits per heavy atom. The van der Waals surface area contributed by atoms with E-state index < -0.39 is 0 Å². The lowest BCUT2D eigenvalue weighted by molar-refractivity contribution is 0.163. The molecule has 2 amide bonds. The molecule has 1 aromatic rings. The number of hydrogen-bond donors (Lipinski definition) is 3. The molecule has 2 atom stereocenters. The molecule has 0 spiro atoms. The predicted molar refractivity (Wildman–Crippen MR) is 77.4 cm³/mol. The highest BCUT2D eigenvalue weighted by atomic mass is 32.1. The van der Waals surface area contributed by atoms with Gasteiger partial charge < -0.3 is 15.7 Å². The Hall–Kier alpha value is -1.14. The van der Waals surface area contributed by atoms with Crippen LogP contribution in [0.15, 0.2) is 5.38 Å². The van der Waals surface area contributed by atoms with E-state index in [0.29, 0.717) is 19.5 Å². The minimum atomic E-state index is -0.326. The van der Waals surface area contributed by atoms with Crippen LogP contribution >= 0.6 is 11.3 Å². The Balaban J connectivity index is 2.11. The van der Waals surface area contributed by atoms with Crippen LogP contribution in [0.25, 0.3) is 0 Å². The number of aromatic nitrogens is 1. The number of nitrogens with one attached hydrogen (secondary N) is 2. The molecule has 1 heterocycles. The van der Waals surface area contributed by atoms with Gasteiger partial charge in [0.05, 0.1) is 16.8 Å². The molecule has 1 rings (SSSR count). The first kappa shape index (κ1) is 15.9. The Morgan fingerprint density at radius 3 is 2.79 bits per heavy atom. The van der Waals surface area contributed by atoms with Gasteiger partial charge in [-0.1, -0.05) is 6.92 Å². The number of amides is 2. The highest BCUT2D eigenvalue weighted by Gasteiger charge is 2.08. The highest BCUT2D eigenvalue weighted by Crippen LogP contribution is 2.07. The summed E-state index contributed by atoms with van der Waals surface area (Å²) in [4.78, 5) is 15.9. The van der Waals surface area contributed by atoms with E-state index >= 15 is 0 Å². The standard InChI is InChI=1S/C13H23N3O2S/c1-9(6-10(2)17)7-15-13(18)14-5-4-12-8-19-11(3)16-12/h8-10,17H,4-7H2,1-3H3,(H2,14,15,18). The maximum absolute atomic E-state index is 11.5. The van der Waals surface area contributed by atoms with Crippen molar-refractivity contribution in [3.63, 3.8) is 0 Å². The zero-order valence-corrected chi connectivity index (χ0v) is 12.6. The van der Waals surface area contributed by atoms with Crippen molar-refractivity contribution < 1.29 is 9.90 Å². The molecule has 5 nitrogen and oxygen atoms in total. The normalized spacial score (nSPS) is 13.9. The summed E-state index contributed by atoms with van der Waals surface area (Å²) >= 11 is 1.62. The summed E-state index contributed by atoms with van der Waals surface area (Å²) in [5, 5.41) is 17.9. The molecule has 0 bridgehead atoms. The van der Waals surface area contributed by atoms with Gasteiger partial charge in [-0.2, -0.15) is 0 Å². The Bertz CT molecular complexity index is 393. The first-order chi connectivity index (χ1) is 8.97. The van der Waals surface area contributed by atoms with Crippen LogP contribution in [0.4, 0.5) is 4.79 Å². The summed E-state index contributed by atoms with van der Waals surface area (Å²) in [7, 11) is 0. The van der Waals surface area contributed by atoms with Gasteiger partial charge in [-0.05, 0) is 26.2 Å². The average Bonchev–Trinajstić information content (AvgIpc) is 2.71. The van der Waals surface area contributed by atoms with Gasteiger partial charge in [0.25, 0.3) is 0 Å². The number of aliphatic hydroxyl groups is 1. The van der Waals surface area contributed by atoms with Gasteiger partial charge in [-0.3, -0.25) is 0 Å². The van der Waals surface area contributed by atoms with Gasteiger partial charge in [-0.15, -0.1) is 11.3 Å². The minimum Gasteiger partial charge on any atom is -0.393 e. The van der Waals surface area contributed by atoms with Crippen molar-refractivity contribution in [3.8, 4) is 0 Å². The second-order valence-corrected chi connectivity index (χ2v) is 6.00. The lowest BCUT2D eigenvalue weighted by Gasteiger charge is -2.14. The average molecular weight is 285 g/mol. The summed E-state index contributed by atoms with van der Waals surface area (Å²) < 4.78 is 0. The van der Waals surface area contributed by atoms with E-state index in [4.69, 9.17) is 0 Å². The van der Waals surface area contributed by atoms with E-state index in [1.807, 2.05) is 19.2 Å². The molecule has 0 aliphatic rings. The third-order valence-corrected chi connectivity index (χ3v) is 3.51. The quantitative estimate of drug-likeness (QED) is 0.714. The van der Waals surface area contributed by atoms with Crippen LogP contribution in [-0.4, -0.2) is 35.3 Å². The molecule has 0 aliphatic heterocycles. The Morgan fingerprint density at radius 2 is 2.21 bits per heavy atom. The molecule has 19 heavy (non-hydrogen) atoms. The lowest BCUT2D eigenvalue weighted by Crippen LogP contribution is -2.39. The van der Waals surface area contributed by atoms with Crippen molar-refractivity contribution in [2.75, 3.05) is 13.1 Å². The van der Waals surface area contributed by atoms with Gasteiger partial charge in [0.1, 0.15) is 0 Å². The van der Waals surface area contributed by atoms with E-state index in [0.717, 1.165) is 17.1 Å².